The first-order valence-corrected chi connectivity index (χ1v) is 21.3. The number of fused-ring (bicyclic) bond motifs is 9. The van der Waals surface area contributed by atoms with Gasteiger partial charge in [-0.25, -0.2) is 4.99 Å². The van der Waals surface area contributed by atoms with Crippen LogP contribution in [0.3, 0.4) is 0 Å². The van der Waals surface area contributed by atoms with Gasteiger partial charge in [-0.2, -0.15) is 0 Å². The lowest BCUT2D eigenvalue weighted by molar-refractivity contribution is 0.409. The maximum atomic E-state index is 5.34. The van der Waals surface area contributed by atoms with Crippen molar-refractivity contribution in [3.63, 3.8) is 0 Å². The molecule has 3 unspecified atom stereocenters. The van der Waals surface area contributed by atoms with Crippen molar-refractivity contribution in [3.05, 3.63) is 197 Å². The molecule has 10 aromatic rings. The highest BCUT2D eigenvalue weighted by Gasteiger charge is 2.29. The van der Waals surface area contributed by atoms with E-state index >= 15 is 0 Å². The van der Waals surface area contributed by atoms with Crippen LogP contribution in [0.4, 0.5) is 0 Å². The number of rotatable bonds is 5. The number of para-hydroxylation sites is 2. The molecule has 0 radical (unpaired) electrons. The Balaban J connectivity index is 1.02. The number of thiophene rings is 2. The van der Waals surface area contributed by atoms with Crippen LogP contribution in [0.5, 0.6) is 0 Å². The Morgan fingerprint density at radius 2 is 1.16 bits per heavy atom. The summed E-state index contributed by atoms with van der Waals surface area (Å²) < 4.78 is 6.48. The summed E-state index contributed by atoms with van der Waals surface area (Å²) >= 11 is 3.84. The normalized spacial score (nSPS) is 18.0. The molecule has 2 aliphatic rings. The second-order valence-corrected chi connectivity index (χ2v) is 17.1. The first kappa shape index (κ1) is 32.9. The predicted molar refractivity (Wildman–Crippen MR) is 243 cm³/mol. The van der Waals surface area contributed by atoms with Crippen LogP contribution in [0, 0.1) is 0 Å². The van der Waals surface area contributed by atoms with Gasteiger partial charge in [0.25, 0.3) is 0 Å². The number of hydrogen-bond donors (Lipinski definition) is 2. The van der Waals surface area contributed by atoms with Gasteiger partial charge in [0.05, 0.1) is 6.04 Å². The first-order chi connectivity index (χ1) is 28.3. The lowest BCUT2D eigenvalue weighted by atomic mass is 9.94. The fourth-order valence-electron chi connectivity index (χ4n) is 9.30. The number of aromatic nitrogens is 1. The Labute approximate surface area is 338 Å². The third-order valence-electron chi connectivity index (χ3n) is 11.8. The van der Waals surface area contributed by atoms with E-state index in [1.807, 2.05) is 22.7 Å². The molecule has 0 amide bonds. The molecule has 2 N–H and O–H groups in total. The van der Waals surface area contributed by atoms with Gasteiger partial charge in [0.2, 0.25) is 0 Å². The van der Waals surface area contributed by atoms with Crippen LogP contribution in [-0.4, -0.2) is 10.4 Å². The molecule has 272 valence electrons. The quantitative estimate of drug-likeness (QED) is 0.183. The van der Waals surface area contributed by atoms with Crippen LogP contribution >= 0.6 is 22.7 Å². The third-order valence-corrected chi connectivity index (χ3v) is 14.4. The lowest BCUT2D eigenvalue weighted by Gasteiger charge is -2.32. The Bertz CT molecular complexity index is 3190. The molecule has 57 heavy (non-hydrogen) atoms. The maximum Gasteiger partial charge on any atom is 0.133 e. The Hall–Kier alpha value is -6.31. The molecule has 3 atom stereocenters. The molecule has 1 aliphatic heterocycles. The summed E-state index contributed by atoms with van der Waals surface area (Å²) in [7, 11) is 0. The van der Waals surface area contributed by atoms with Gasteiger partial charge in [0.15, 0.2) is 0 Å². The zero-order valence-corrected chi connectivity index (χ0v) is 32.5. The highest BCUT2D eigenvalue weighted by atomic mass is 32.1. The molecule has 6 heteroatoms. The van der Waals surface area contributed by atoms with Gasteiger partial charge in [-0.05, 0) is 52.9 Å². The molecule has 7 aromatic carbocycles. The fourth-order valence-corrected chi connectivity index (χ4v) is 12.0. The van der Waals surface area contributed by atoms with Gasteiger partial charge in [-0.1, -0.05) is 152 Å². The van der Waals surface area contributed by atoms with E-state index in [9.17, 15) is 0 Å². The summed E-state index contributed by atoms with van der Waals surface area (Å²) in [6, 6.07) is 59.6. The largest absolute Gasteiger partial charge is 0.350 e. The molecular weight excluding hydrogens is 733 g/mol. The van der Waals surface area contributed by atoms with Gasteiger partial charge in [0.1, 0.15) is 18.2 Å². The lowest BCUT2D eigenvalue weighted by Crippen LogP contribution is -2.44. The minimum atomic E-state index is -0.185. The molecule has 0 saturated heterocycles. The van der Waals surface area contributed by atoms with Crippen molar-refractivity contribution in [2.75, 3.05) is 0 Å². The van der Waals surface area contributed by atoms with Crippen molar-refractivity contribution in [1.82, 2.24) is 15.2 Å². The first-order valence-electron chi connectivity index (χ1n) is 19.6. The van der Waals surface area contributed by atoms with Crippen LogP contribution in [0.1, 0.15) is 51.9 Å². The standard InChI is InChI=1S/C51H36N4S2/c1-3-15-31(16-4-1)49-52-50(32-17-5-2-6-18-32)54-51(53-49)40-26-12-25-39-45-35(21-14-30-44(45)56-47(39)40)36-22-11-23-37-38-24-13-29-43(48(38)57-46(36)37)55-41-27-9-7-19-33(41)34-20-8-10-28-42(34)55/h1-28,30,43,49-50,52H,29H2,(H,53,54). The van der Waals surface area contributed by atoms with E-state index in [-0.39, 0.29) is 18.4 Å². The van der Waals surface area contributed by atoms with Crippen LogP contribution < -0.4 is 10.6 Å². The third kappa shape index (κ3) is 5.18. The maximum absolute atomic E-state index is 5.34. The van der Waals surface area contributed by atoms with Crippen LogP contribution in [0.25, 0.3) is 69.3 Å². The van der Waals surface area contributed by atoms with Crippen molar-refractivity contribution in [2.24, 2.45) is 4.99 Å². The number of benzene rings is 7. The number of allylic oxidation sites excluding steroid dienone is 1. The Morgan fingerprint density at radius 3 is 1.93 bits per heavy atom. The van der Waals surface area contributed by atoms with Gasteiger partial charge < -0.3 is 9.88 Å². The molecular formula is C51H36N4S2. The van der Waals surface area contributed by atoms with Crippen LogP contribution in [-0.2, 0) is 0 Å². The Kier molecular flexibility index (Phi) is 7.58. The van der Waals surface area contributed by atoms with Crippen molar-refractivity contribution in [3.8, 4) is 11.1 Å². The van der Waals surface area contributed by atoms with Gasteiger partial charge in [0, 0.05) is 68.1 Å². The van der Waals surface area contributed by atoms with Crippen LogP contribution in [0.15, 0.2) is 175 Å². The molecule has 0 spiro atoms. The van der Waals surface area contributed by atoms with Crippen molar-refractivity contribution in [1.29, 1.82) is 0 Å². The fraction of sp³-hybridized carbons (Fsp3) is 0.0784. The zero-order valence-electron chi connectivity index (χ0n) is 30.9. The summed E-state index contributed by atoms with van der Waals surface area (Å²) in [4.78, 5) is 6.77. The molecule has 12 rings (SSSR count). The highest BCUT2D eigenvalue weighted by Crippen LogP contribution is 2.49. The monoisotopic (exact) mass is 768 g/mol. The SMILES string of the molecule is C1=Cc2c(sc3c(-c4cccc5sc6c(C7=NC(c8ccccc8)NC(c8ccccc8)N7)cccc6c45)cccc23)C(n2c3ccccc3c3ccccc32)C1. The Morgan fingerprint density at radius 1 is 0.544 bits per heavy atom. The second kappa shape index (κ2) is 13.1. The number of nitrogens with zero attached hydrogens (tertiary/aromatic N) is 2. The second-order valence-electron chi connectivity index (χ2n) is 15.0. The summed E-state index contributed by atoms with van der Waals surface area (Å²) in [5.74, 6) is 0.908. The van der Waals surface area contributed by atoms with Gasteiger partial charge in [-0.15, -0.1) is 22.7 Å². The number of aliphatic imine (C=N–C) groups is 1. The topological polar surface area (TPSA) is 41.4 Å². The summed E-state index contributed by atoms with van der Waals surface area (Å²) in [6.07, 6.45) is 5.44. The molecule has 4 heterocycles. The average Bonchev–Trinajstić information content (AvgIpc) is 3.97. The van der Waals surface area contributed by atoms with E-state index in [0.717, 1.165) is 23.4 Å². The molecule has 1 aliphatic carbocycles. The molecule has 3 aromatic heterocycles. The van der Waals surface area contributed by atoms with Gasteiger partial charge in [-0.3, -0.25) is 5.32 Å². The summed E-state index contributed by atoms with van der Waals surface area (Å²) in [5.41, 5.74) is 9.98. The molecule has 0 saturated carbocycles. The molecule has 0 bridgehead atoms. The van der Waals surface area contributed by atoms with Crippen LogP contribution in [0.2, 0.25) is 0 Å². The number of nitrogens with one attached hydrogen (secondary N) is 2. The summed E-state index contributed by atoms with van der Waals surface area (Å²) in [6.45, 7) is 0. The highest BCUT2D eigenvalue weighted by molar-refractivity contribution is 7.26. The smallest absolute Gasteiger partial charge is 0.133 e. The van der Waals surface area contributed by atoms with Crippen molar-refractivity contribution >= 4 is 86.6 Å². The summed E-state index contributed by atoms with van der Waals surface area (Å²) in [5, 5.41) is 14.1. The molecule has 4 nitrogen and oxygen atoms in total. The predicted octanol–water partition coefficient (Wildman–Crippen LogP) is 13.4. The molecule has 0 fully saturated rings. The van der Waals surface area contributed by atoms with Crippen molar-refractivity contribution < 1.29 is 0 Å². The van der Waals surface area contributed by atoms with E-state index in [1.165, 1.54) is 79.2 Å². The zero-order chi connectivity index (χ0) is 37.5. The van der Waals surface area contributed by atoms with Crippen molar-refractivity contribution in [2.45, 2.75) is 24.8 Å². The van der Waals surface area contributed by atoms with E-state index in [2.05, 4.69) is 191 Å². The number of amidine groups is 1. The van der Waals surface area contributed by atoms with E-state index in [0.29, 0.717) is 0 Å². The van der Waals surface area contributed by atoms with E-state index < -0.39 is 0 Å². The minimum absolute atomic E-state index is 0.0908. The average molecular weight is 769 g/mol. The van der Waals surface area contributed by atoms with E-state index in [1.54, 1.807) is 0 Å². The van der Waals surface area contributed by atoms with Gasteiger partial charge >= 0.3 is 0 Å². The minimum Gasteiger partial charge on any atom is -0.350 e. The van der Waals surface area contributed by atoms with E-state index in [4.69, 9.17) is 4.99 Å². The number of hydrogen-bond acceptors (Lipinski definition) is 5.